The Morgan fingerprint density at radius 2 is 1.69 bits per heavy atom. The molecule has 2 N–H and O–H groups in total. The predicted molar refractivity (Wildman–Crippen MR) is 66.5 cm³/mol. The van der Waals surface area contributed by atoms with Crippen LogP contribution in [0.1, 0.15) is 25.0 Å². The minimum Gasteiger partial charge on any atom is -0.493 e. The molecule has 90 valence electrons. The summed E-state index contributed by atoms with van der Waals surface area (Å²) >= 11 is 6.14. The molecule has 1 aromatic rings. The lowest BCUT2D eigenvalue weighted by Gasteiger charge is -2.25. The number of ether oxygens (including phenoxy) is 2. The van der Waals surface area contributed by atoms with Gasteiger partial charge in [0.15, 0.2) is 11.5 Å². The summed E-state index contributed by atoms with van der Waals surface area (Å²) in [6, 6.07) is 1.83. The molecule has 0 aromatic heterocycles. The lowest BCUT2D eigenvalue weighted by molar-refractivity contribution is 0.342. The fourth-order valence-electron chi connectivity index (χ4n) is 1.63. The number of hydrogen-bond donors (Lipinski definition) is 1. The smallest absolute Gasteiger partial charge is 0.166 e. The maximum Gasteiger partial charge on any atom is 0.166 e. The van der Waals surface area contributed by atoms with E-state index >= 15 is 0 Å². The third kappa shape index (κ3) is 2.25. The zero-order chi connectivity index (χ0) is 12.5. The highest BCUT2D eigenvalue weighted by molar-refractivity contribution is 6.31. The zero-order valence-corrected chi connectivity index (χ0v) is 11.1. The lowest BCUT2D eigenvalue weighted by Crippen LogP contribution is -2.29. The van der Waals surface area contributed by atoms with Crippen molar-refractivity contribution < 1.29 is 9.47 Å². The van der Waals surface area contributed by atoms with Gasteiger partial charge in [-0.1, -0.05) is 11.6 Å². The summed E-state index contributed by atoms with van der Waals surface area (Å²) in [5.41, 5.74) is 7.24. The molecule has 16 heavy (non-hydrogen) atoms. The molecule has 0 radical (unpaired) electrons. The molecular weight excluding hydrogens is 226 g/mol. The van der Waals surface area contributed by atoms with Crippen LogP contribution in [0.4, 0.5) is 0 Å². The zero-order valence-electron chi connectivity index (χ0n) is 10.3. The van der Waals surface area contributed by atoms with Gasteiger partial charge in [-0.3, -0.25) is 0 Å². The second-order valence-electron chi connectivity index (χ2n) is 4.32. The second kappa shape index (κ2) is 4.52. The average molecular weight is 244 g/mol. The first kappa shape index (κ1) is 13.1. The van der Waals surface area contributed by atoms with Crippen LogP contribution < -0.4 is 15.2 Å². The van der Waals surface area contributed by atoms with Gasteiger partial charge in [0.1, 0.15) is 0 Å². The molecule has 0 fully saturated rings. The molecule has 4 heteroatoms. The van der Waals surface area contributed by atoms with Crippen LogP contribution in [0.25, 0.3) is 0 Å². The van der Waals surface area contributed by atoms with Crippen LogP contribution >= 0.6 is 11.6 Å². The fourth-order valence-corrected chi connectivity index (χ4v) is 1.82. The van der Waals surface area contributed by atoms with E-state index in [4.69, 9.17) is 26.8 Å². The van der Waals surface area contributed by atoms with E-state index in [0.717, 1.165) is 11.1 Å². The molecule has 1 aromatic carbocycles. The van der Waals surface area contributed by atoms with Crippen molar-refractivity contribution in [2.75, 3.05) is 14.2 Å². The number of rotatable bonds is 3. The van der Waals surface area contributed by atoms with Crippen LogP contribution in [0, 0.1) is 6.92 Å². The first-order chi connectivity index (χ1) is 7.32. The molecule has 0 aliphatic carbocycles. The monoisotopic (exact) mass is 243 g/mol. The number of hydrogen-bond acceptors (Lipinski definition) is 3. The molecule has 3 nitrogen and oxygen atoms in total. The van der Waals surface area contributed by atoms with Crippen LogP contribution in [-0.2, 0) is 5.54 Å². The Morgan fingerprint density at radius 1 is 1.19 bits per heavy atom. The largest absolute Gasteiger partial charge is 0.493 e. The third-order valence-corrected chi connectivity index (χ3v) is 2.92. The van der Waals surface area contributed by atoms with E-state index in [1.165, 1.54) is 0 Å². The van der Waals surface area contributed by atoms with Crippen LogP contribution in [-0.4, -0.2) is 14.2 Å². The van der Waals surface area contributed by atoms with Crippen molar-refractivity contribution in [3.05, 3.63) is 22.2 Å². The Kier molecular flexibility index (Phi) is 3.71. The standard InChI is InChI=1S/C12H18ClNO2/c1-7-9(13)6-8(12(2,3)14)11(16-5)10(7)15-4/h6H,14H2,1-5H3. The Balaban J connectivity index is 3.57. The van der Waals surface area contributed by atoms with Gasteiger partial charge < -0.3 is 15.2 Å². The molecule has 1 rings (SSSR count). The van der Waals surface area contributed by atoms with Gasteiger partial charge in [-0.15, -0.1) is 0 Å². The highest BCUT2D eigenvalue weighted by Crippen LogP contribution is 2.42. The van der Waals surface area contributed by atoms with E-state index in [1.807, 2.05) is 26.8 Å². The van der Waals surface area contributed by atoms with Gasteiger partial charge in [-0.2, -0.15) is 0 Å². The number of nitrogens with two attached hydrogens (primary N) is 1. The summed E-state index contributed by atoms with van der Waals surface area (Å²) in [5.74, 6) is 1.29. The molecule has 0 aliphatic rings. The van der Waals surface area contributed by atoms with Gasteiger partial charge in [0.05, 0.1) is 14.2 Å². The molecule has 0 spiro atoms. The van der Waals surface area contributed by atoms with E-state index in [1.54, 1.807) is 14.2 Å². The lowest BCUT2D eigenvalue weighted by atomic mass is 9.93. The SMILES string of the molecule is COc1c(C(C)(C)N)cc(Cl)c(C)c1OC. The Hall–Kier alpha value is -0.930. The second-order valence-corrected chi connectivity index (χ2v) is 4.73. The minimum absolute atomic E-state index is 0.532. The van der Waals surface area contributed by atoms with Gasteiger partial charge in [0.2, 0.25) is 0 Å². The third-order valence-electron chi connectivity index (χ3n) is 2.52. The Bertz CT molecular complexity index is 397. The molecule has 0 saturated carbocycles. The normalized spacial score (nSPS) is 11.4. The number of methoxy groups -OCH3 is 2. The van der Waals surface area contributed by atoms with Crippen molar-refractivity contribution in [2.24, 2.45) is 5.73 Å². The number of halogens is 1. The maximum atomic E-state index is 6.14. The van der Waals surface area contributed by atoms with Crippen molar-refractivity contribution in [1.29, 1.82) is 0 Å². The fraction of sp³-hybridized carbons (Fsp3) is 0.500. The number of benzene rings is 1. The molecular formula is C12H18ClNO2. The molecule has 0 bridgehead atoms. The molecule has 0 heterocycles. The maximum absolute atomic E-state index is 6.14. The summed E-state index contributed by atoms with van der Waals surface area (Å²) in [4.78, 5) is 0. The van der Waals surface area contributed by atoms with Gasteiger partial charge >= 0.3 is 0 Å². The van der Waals surface area contributed by atoms with Gasteiger partial charge in [0, 0.05) is 21.7 Å². The first-order valence-corrected chi connectivity index (χ1v) is 5.41. The van der Waals surface area contributed by atoms with Crippen LogP contribution in [0.2, 0.25) is 5.02 Å². The summed E-state index contributed by atoms with van der Waals surface area (Å²) < 4.78 is 10.7. The van der Waals surface area contributed by atoms with Crippen LogP contribution in [0.15, 0.2) is 6.07 Å². The Labute approximate surface area is 101 Å². The average Bonchev–Trinajstić information content (AvgIpc) is 2.19. The minimum atomic E-state index is -0.532. The van der Waals surface area contributed by atoms with E-state index in [9.17, 15) is 0 Å². The summed E-state index contributed by atoms with van der Waals surface area (Å²) in [7, 11) is 3.19. The quantitative estimate of drug-likeness (QED) is 0.888. The topological polar surface area (TPSA) is 44.5 Å². The van der Waals surface area contributed by atoms with Crippen molar-refractivity contribution >= 4 is 11.6 Å². The van der Waals surface area contributed by atoms with Crippen molar-refractivity contribution in [3.63, 3.8) is 0 Å². The van der Waals surface area contributed by atoms with E-state index in [0.29, 0.717) is 16.5 Å². The summed E-state index contributed by atoms with van der Waals surface area (Å²) in [6.45, 7) is 5.68. The van der Waals surface area contributed by atoms with Crippen molar-refractivity contribution in [1.82, 2.24) is 0 Å². The van der Waals surface area contributed by atoms with Crippen LogP contribution in [0.3, 0.4) is 0 Å². The summed E-state index contributed by atoms with van der Waals surface area (Å²) in [5, 5.41) is 0.631. The molecule has 0 atom stereocenters. The predicted octanol–water partition coefficient (Wildman–Crippen LogP) is 2.86. The first-order valence-electron chi connectivity index (χ1n) is 5.03. The Morgan fingerprint density at radius 3 is 2.06 bits per heavy atom. The van der Waals surface area contributed by atoms with E-state index in [-0.39, 0.29) is 0 Å². The van der Waals surface area contributed by atoms with E-state index in [2.05, 4.69) is 0 Å². The highest BCUT2D eigenvalue weighted by atomic mass is 35.5. The van der Waals surface area contributed by atoms with Crippen molar-refractivity contribution in [3.8, 4) is 11.5 Å². The molecule has 0 saturated heterocycles. The van der Waals surface area contributed by atoms with Gasteiger partial charge in [-0.05, 0) is 26.8 Å². The highest BCUT2D eigenvalue weighted by Gasteiger charge is 2.25. The van der Waals surface area contributed by atoms with Crippen LogP contribution in [0.5, 0.6) is 11.5 Å². The van der Waals surface area contributed by atoms with Gasteiger partial charge in [-0.25, -0.2) is 0 Å². The summed E-state index contributed by atoms with van der Waals surface area (Å²) in [6.07, 6.45) is 0. The molecule has 0 amide bonds. The van der Waals surface area contributed by atoms with Crippen molar-refractivity contribution in [2.45, 2.75) is 26.3 Å². The van der Waals surface area contributed by atoms with Gasteiger partial charge in [0.25, 0.3) is 0 Å². The molecule has 0 aliphatic heterocycles. The van der Waals surface area contributed by atoms with E-state index < -0.39 is 5.54 Å². The molecule has 0 unspecified atom stereocenters.